The third kappa shape index (κ3) is 6.67. The van der Waals surface area contributed by atoms with Crippen LogP contribution >= 0.6 is 0 Å². The number of aryl methyl sites for hydroxylation is 1. The van der Waals surface area contributed by atoms with E-state index < -0.39 is 11.9 Å². The molecule has 1 aliphatic rings. The predicted molar refractivity (Wildman–Crippen MR) is 151 cm³/mol. The van der Waals surface area contributed by atoms with E-state index in [2.05, 4.69) is 19.9 Å². The number of carbonyl (C=O) groups is 1. The van der Waals surface area contributed by atoms with Crippen LogP contribution in [0.25, 0.3) is 0 Å². The topological polar surface area (TPSA) is 113 Å². The van der Waals surface area contributed by atoms with Crippen molar-refractivity contribution in [3.8, 4) is 34.8 Å². The predicted octanol–water partition coefficient (Wildman–Crippen LogP) is 6.03. The van der Waals surface area contributed by atoms with E-state index in [1.54, 1.807) is 25.3 Å². The Labute approximate surface area is 234 Å². The molecule has 3 aromatic carbocycles. The Balaban J connectivity index is 1.52. The number of nitriles is 1. The lowest BCUT2D eigenvalue weighted by Crippen LogP contribution is -2.22. The fourth-order valence-electron chi connectivity index (χ4n) is 4.48. The molecule has 3 aromatic rings. The fraction of sp³-hybridized carbons (Fsp3) is 0.312. The number of methoxy groups -OCH3 is 1. The highest BCUT2D eigenvalue weighted by molar-refractivity contribution is 5.74. The summed E-state index contributed by atoms with van der Waals surface area (Å²) in [5.74, 6) is 1.37. The first-order chi connectivity index (χ1) is 19.5. The van der Waals surface area contributed by atoms with E-state index >= 15 is 0 Å². The van der Waals surface area contributed by atoms with E-state index in [9.17, 15) is 10.1 Å². The number of hydrogen-bond donors (Lipinski definition) is 1. The molecule has 4 rings (SSSR count). The zero-order chi connectivity index (χ0) is 28.5. The maximum absolute atomic E-state index is 12.4. The molecular weight excluding hydrogens is 508 g/mol. The Bertz CT molecular complexity index is 1410. The summed E-state index contributed by atoms with van der Waals surface area (Å²) in [6.07, 6.45) is 4.07. The highest BCUT2D eigenvalue weighted by atomic mass is 16.6. The third-order valence-corrected chi connectivity index (χ3v) is 6.64. The smallest absolute Gasteiger partial charge is 0.349 e. The number of ether oxygens (including phenoxy) is 5. The van der Waals surface area contributed by atoms with Gasteiger partial charge in [0.25, 0.3) is 0 Å². The summed E-state index contributed by atoms with van der Waals surface area (Å²) >= 11 is 0. The highest BCUT2D eigenvalue weighted by Gasteiger charge is 2.31. The zero-order valence-corrected chi connectivity index (χ0v) is 23.1. The molecule has 0 bridgehead atoms. The lowest BCUT2D eigenvalue weighted by molar-refractivity contribution is -0.136. The Morgan fingerprint density at radius 1 is 0.975 bits per heavy atom. The quantitative estimate of drug-likeness (QED) is 0.168. The summed E-state index contributed by atoms with van der Waals surface area (Å²) < 4.78 is 28.3. The molecule has 1 unspecified atom stereocenters. The van der Waals surface area contributed by atoms with Gasteiger partial charge in [-0.3, -0.25) is 0 Å². The van der Waals surface area contributed by atoms with E-state index in [-0.39, 0.29) is 23.8 Å². The molecule has 0 amide bonds. The molecule has 0 fully saturated rings. The van der Waals surface area contributed by atoms with Crippen LogP contribution in [0.2, 0.25) is 0 Å². The average molecular weight is 543 g/mol. The zero-order valence-electron chi connectivity index (χ0n) is 23.1. The molecule has 8 heteroatoms. The van der Waals surface area contributed by atoms with Crippen LogP contribution in [0.15, 0.2) is 72.1 Å². The summed E-state index contributed by atoms with van der Waals surface area (Å²) in [7, 11) is 1.58. The second-order valence-electron chi connectivity index (χ2n) is 9.35. The summed E-state index contributed by atoms with van der Waals surface area (Å²) in [6, 6.07) is 20.3. The minimum Gasteiger partial charge on any atom is -0.493 e. The van der Waals surface area contributed by atoms with Gasteiger partial charge in [-0.1, -0.05) is 51.0 Å². The van der Waals surface area contributed by atoms with Crippen molar-refractivity contribution < 1.29 is 28.5 Å². The molecule has 0 aromatic heterocycles. The first-order valence-electron chi connectivity index (χ1n) is 13.4. The summed E-state index contributed by atoms with van der Waals surface area (Å²) in [6.45, 7) is 4.55. The molecule has 208 valence electrons. The molecule has 0 saturated heterocycles. The average Bonchev–Trinajstić information content (AvgIpc) is 2.97. The SMILES string of the molecule is CCCCCOc1ccc(C2C(C#N)=C(N)Oc3cc(OC(=O)COc4ccc(CC)cc4)ccc32)cc1OC. The van der Waals surface area contributed by atoms with Crippen molar-refractivity contribution in [3.63, 3.8) is 0 Å². The number of unbranched alkanes of at least 4 members (excludes halogenated alkanes) is 2. The Morgan fingerprint density at radius 3 is 2.45 bits per heavy atom. The van der Waals surface area contributed by atoms with Crippen molar-refractivity contribution in [3.05, 3.63) is 88.8 Å². The van der Waals surface area contributed by atoms with Crippen LogP contribution in [0.1, 0.15) is 55.7 Å². The number of allylic oxidation sites excluding steroid dienone is 1. The summed E-state index contributed by atoms with van der Waals surface area (Å²) in [5.41, 5.74) is 9.11. The third-order valence-electron chi connectivity index (χ3n) is 6.64. The number of esters is 1. The van der Waals surface area contributed by atoms with Crippen LogP contribution in [0.5, 0.6) is 28.7 Å². The van der Waals surface area contributed by atoms with Crippen LogP contribution in [-0.2, 0) is 11.2 Å². The fourth-order valence-corrected chi connectivity index (χ4v) is 4.48. The lowest BCUT2D eigenvalue weighted by atomic mass is 9.83. The summed E-state index contributed by atoms with van der Waals surface area (Å²) in [4.78, 5) is 12.4. The monoisotopic (exact) mass is 542 g/mol. The van der Waals surface area contributed by atoms with E-state index in [0.29, 0.717) is 35.2 Å². The lowest BCUT2D eigenvalue weighted by Gasteiger charge is -2.27. The van der Waals surface area contributed by atoms with Gasteiger partial charge in [0.05, 0.1) is 19.6 Å². The first kappa shape index (κ1) is 28.4. The normalized spacial score (nSPS) is 14.0. The molecule has 40 heavy (non-hydrogen) atoms. The molecule has 0 radical (unpaired) electrons. The first-order valence-corrected chi connectivity index (χ1v) is 13.4. The van der Waals surface area contributed by atoms with Crippen LogP contribution < -0.4 is 29.4 Å². The maximum Gasteiger partial charge on any atom is 0.349 e. The van der Waals surface area contributed by atoms with Gasteiger partial charge in [-0.05, 0) is 54.3 Å². The van der Waals surface area contributed by atoms with Gasteiger partial charge >= 0.3 is 5.97 Å². The van der Waals surface area contributed by atoms with Crippen molar-refractivity contribution in [2.45, 2.75) is 45.4 Å². The van der Waals surface area contributed by atoms with Crippen molar-refractivity contribution in [2.24, 2.45) is 5.73 Å². The minimum absolute atomic E-state index is 0.0128. The second-order valence-corrected chi connectivity index (χ2v) is 9.35. The van der Waals surface area contributed by atoms with Gasteiger partial charge in [0.2, 0.25) is 5.88 Å². The highest BCUT2D eigenvalue weighted by Crippen LogP contribution is 2.45. The van der Waals surface area contributed by atoms with Crippen LogP contribution in [0.3, 0.4) is 0 Å². The van der Waals surface area contributed by atoms with E-state index in [1.807, 2.05) is 42.5 Å². The van der Waals surface area contributed by atoms with Crippen molar-refractivity contribution in [1.82, 2.24) is 0 Å². The number of rotatable bonds is 12. The molecule has 8 nitrogen and oxygen atoms in total. The van der Waals surface area contributed by atoms with Crippen molar-refractivity contribution >= 4 is 5.97 Å². The van der Waals surface area contributed by atoms with Crippen molar-refractivity contribution in [2.75, 3.05) is 20.3 Å². The van der Waals surface area contributed by atoms with E-state index in [0.717, 1.165) is 31.2 Å². The van der Waals surface area contributed by atoms with Gasteiger partial charge in [0, 0.05) is 11.6 Å². The van der Waals surface area contributed by atoms with Crippen molar-refractivity contribution in [1.29, 1.82) is 5.26 Å². The maximum atomic E-state index is 12.4. The number of nitrogens with two attached hydrogens (primary N) is 1. The largest absolute Gasteiger partial charge is 0.493 e. The van der Waals surface area contributed by atoms with Gasteiger partial charge in [-0.15, -0.1) is 0 Å². The number of nitrogens with zero attached hydrogens (tertiary/aromatic N) is 1. The molecular formula is C32H34N2O6. The van der Waals surface area contributed by atoms with Gasteiger partial charge in [0.1, 0.15) is 28.9 Å². The van der Waals surface area contributed by atoms with Gasteiger partial charge < -0.3 is 29.4 Å². The molecule has 0 saturated carbocycles. The van der Waals surface area contributed by atoms with Gasteiger partial charge in [-0.25, -0.2) is 4.79 Å². The molecule has 1 aliphatic heterocycles. The van der Waals surface area contributed by atoms with Gasteiger partial charge in [-0.2, -0.15) is 5.26 Å². The van der Waals surface area contributed by atoms with E-state index in [4.69, 9.17) is 29.4 Å². The Kier molecular flexibility index (Phi) is 9.53. The van der Waals surface area contributed by atoms with E-state index in [1.165, 1.54) is 5.56 Å². The Morgan fingerprint density at radius 2 is 1.75 bits per heavy atom. The number of hydrogen-bond acceptors (Lipinski definition) is 8. The number of carbonyl (C=O) groups excluding carboxylic acids is 1. The Hall–Kier alpha value is -4.64. The molecule has 2 N–H and O–H groups in total. The number of benzene rings is 3. The van der Waals surface area contributed by atoms with Crippen LogP contribution in [0.4, 0.5) is 0 Å². The van der Waals surface area contributed by atoms with Crippen LogP contribution in [-0.4, -0.2) is 26.3 Å². The second kappa shape index (κ2) is 13.4. The van der Waals surface area contributed by atoms with Crippen LogP contribution in [0, 0.1) is 11.3 Å². The standard InChI is InChI=1S/C32H34N2O6/c1-4-6-7-16-37-27-15-10-22(17-29(27)36-3)31-25-14-13-24(18-28(25)40-32(34)26(31)19-33)39-30(35)20-38-23-11-8-21(5-2)9-12-23/h8-15,17-18,31H,4-7,16,20,34H2,1-3H3. The molecule has 0 spiro atoms. The summed E-state index contributed by atoms with van der Waals surface area (Å²) in [5, 5.41) is 9.92. The molecule has 1 heterocycles. The van der Waals surface area contributed by atoms with Gasteiger partial charge in [0.15, 0.2) is 18.1 Å². The molecule has 0 aliphatic carbocycles. The number of fused-ring (bicyclic) bond motifs is 1. The molecule has 1 atom stereocenters. The minimum atomic E-state index is -0.563.